The predicted octanol–water partition coefficient (Wildman–Crippen LogP) is 3.95. The molecule has 0 aromatic heterocycles. The number of hydrogen-bond acceptors (Lipinski definition) is 6. The first-order valence-electron chi connectivity index (χ1n) is 7.18. The van der Waals surface area contributed by atoms with Crippen molar-refractivity contribution < 1.29 is 9.72 Å². The van der Waals surface area contributed by atoms with E-state index in [2.05, 4.69) is 0 Å². The van der Waals surface area contributed by atoms with Crippen LogP contribution in [0.4, 0.5) is 0 Å². The lowest BCUT2D eigenvalue weighted by Crippen LogP contribution is -2.26. The van der Waals surface area contributed by atoms with Crippen molar-refractivity contribution in [3.8, 4) is 0 Å². The van der Waals surface area contributed by atoms with Crippen LogP contribution in [0.2, 0.25) is 0 Å². The van der Waals surface area contributed by atoms with Crippen molar-refractivity contribution in [2.45, 2.75) is 31.1 Å². The molecule has 0 radical (unpaired) electrons. The predicted molar refractivity (Wildman–Crippen MR) is 90.0 cm³/mol. The first-order chi connectivity index (χ1) is 10.6. The van der Waals surface area contributed by atoms with Crippen molar-refractivity contribution in [3.05, 3.63) is 51.2 Å². The second-order valence-electron chi connectivity index (χ2n) is 4.79. The molecule has 0 unspecified atom stereocenters. The zero-order valence-corrected chi connectivity index (χ0v) is 14.0. The molecule has 118 valence electrons. The number of carbonyl (C=O) groups is 1. The molecule has 0 spiro atoms. The second kappa shape index (κ2) is 8.24. The summed E-state index contributed by atoms with van der Waals surface area (Å²) >= 11 is 2.86. The summed E-state index contributed by atoms with van der Waals surface area (Å²) in [6.45, 7) is 2.56. The molecule has 1 aliphatic heterocycles. The fraction of sp³-hybridized carbons (Fsp3) is 0.400. The van der Waals surface area contributed by atoms with E-state index in [0.29, 0.717) is 18.0 Å². The third-order valence-corrected chi connectivity index (χ3v) is 5.42. The molecule has 1 aliphatic rings. The molecular formula is C15H18N2O3S2. The Labute approximate surface area is 138 Å². The fourth-order valence-electron chi connectivity index (χ4n) is 2.08. The van der Waals surface area contributed by atoms with Crippen molar-refractivity contribution in [3.63, 3.8) is 0 Å². The SMILES string of the molecule is CCCC(=O)C(=C1SCCCN1Sc1ccccc1)[N+](=O)[O-]. The van der Waals surface area contributed by atoms with E-state index in [-0.39, 0.29) is 17.9 Å². The van der Waals surface area contributed by atoms with Crippen LogP contribution >= 0.6 is 23.7 Å². The van der Waals surface area contributed by atoms with E-state index in [1.165, 1.54) is 23.7 Å². The van der Waals surface area contributed by atoms with Gasteiger partial charge < -0.3 is 4.31 Å². The molecule has 0 saturated carbocycles. The molecule has 2 rings (SSSR count). The standard InChI is InChI=1S/C15H18N2O3S2/c1-2-7-13(18)14(17(19)20)15-16(10-6-11-21-15)22-12-8-4-3-5-9-12/h3-5,8-9H,2,6-7,10-11H2,1H3. The minimum absolute atomic E-state index is 0.213. The van der Waals surface area contributed by atoms with Gasteiger partial charge in [0.2, 0.25) is 5.78 Å². The molecule has 1 aromatic carbocycles. The van der Waals surface area contributed by atoms with Crippen LogP contribution in [-0.2, 0) is 4.79 Å². The average molecular weight is 338 g/mol. The maximum absolute atomic E-state index is 12.1. The Morgan fingerprint density at radius 2 is 2.14 bits per heavy atom. The van der Waals surface area contributed by atoms with Crippen LogP contribution in [0.5, 0.6) is 0 Å². The molecule has 0 aliphatic carbocycles. The summed E-state index contributed by atoms with van der Waals surface area (Å²) in [4.78, 5) is 24.0. The first-order valence-corrected chi connectivity index (χ1v) is 8.94. The molecule has 0 atom stereocenters. The fourth-order valence-corrected chi connectivity index (χ4v) is 4.30. The van der Waals surface area contributed by atoms with Crippen molar-refractivity contribution in [2.24, 2.45) is 0 Å². The van der Waals surface area contributed by atoms with Gasteiger partial charge in [-0.3, -0.25) is 14.9 Å². The highest BCUT2D eigenvalue weighted by Gasteiger charge is 2.32. The molecule has 5 nitrogen and oxygen atoms in total. The Balaban J connectivity index is 2.31. The molecular weight excluding hydrogens is 320 g/mol. The molecule has 22 heavy (non-hydrogen) atoms. The van der Waals surface area contributed by atoms with Gasteiger partial charge in [-0.05, 0) is 36.9 Å². The van der Waals surface area contributed by atoms with Gasteiger partial charge in [0, 0.05) is 23.6 Å². The first kappa shape index (κ1) is 16.9. The number of benzene rings is 1. The van der Waals surface area contributed by atoms with Gasteiger partial charge in [-0.15, -0.1) is 11.8 Å². The summed E-state index contributed by atoms with van der Waals surface area (Å²) < 4.78 is 1.88. The molecule has 7 heteroatoms. The number of nitro groups is 1. The van der Waals surface area contributed by atoms with Gasteiger partial charge in [-0.25, -0.2) is 0 Å². The molecule has 1 fully saturated rings. The summed E-state index contributed by atoms with van der Waals surface area (Å²) in [7, 11) is 0. The third kappa shape index (κ3) is 4.27. The van der Waals surface area contributed by atoms with Gasteiger partial charge >= 0.3 is 5.70 Å². The maximum Gasteiger partial charge on any atom is 0.342 e. The summed E-state index contributed by atoms with van der Waals surface area (Å²) in [5, 5.41) is 11.9. The largest absolute Gasteiger partial charge is 0.342 e. The highest BCUT2D eigenvalue weighted by Crippen LogP contribution is 2.38. The van der Waals surface area contributed by atoms with Gasteiger partial charge in [0.05, 0.1) is 4.92 Å². The van der Waals surface area contributed by atoms with Crippen LogP contribution in [0.15, 0.2) is 46.0 Å². The van der Waals surface area contributed by atoms with Crippen LogP contribution in [0, 0.1) is 10.1 Å². The van der Waals surface area contributed by atoms with Gasteiger partial charge in [0.1, 0.15) is 0 Å². The molecule has 0 amide bonds. The van der Waals surface area contributed by atoms with E-state index in [9.17, 15) is 14.9 Å². The zero-order valence-electron chi connectivity index (χ0n) is 12.4. The highest BCUT2D eigenvalue weighted by molar-refractivity contribution is 8.05. The second-order valence-corrected chi connectivity index (χ2v) is 6.97. The average Bonchev–Trinajstić information content (AvgIpc) is 2.50. The van der Waals surface area contributed by atoms with Crippen LogP contribution in [0.3, 0.4) is 0 Å². The summed E-state index contributed by atoms with van der Waals surface area (Å²) in [5.74, 6) is 0.424. The Morgan fingerprint density at radius 1 is 1.41 bits per heavy atom. The normalized spacial score (nSPS) is 17.2. The van der Waals surface area contributed by atoms with E-state index in [4.69, 9.17) is 0 Å². The Morgan fingerprint density at radius 3 is 2.77 bits per heavy atom. The Hall–Kier alpha value is -1.47. The lowest BCUT2D eigenvalue weighted by atomic mass is 10.2. The van der Waals surface area contributed by atoms with E-state index in [0.717, 1.165) is 17.1 Å². The summed E-state index contributed by atoms with van der Waals surface area (Å²) in [6, 6.07) is 9.71. The van der Waals surface area contributed by atoms with Crippen LogP contribution < -0.4 is 0 Å². The number of rotatable bonds is 6. The van der Waals surface area contributed by atoms with Gasteiger partial charge in [0.25, 0.3) is 0 Å². The van der Waals surface area contributed by atoms with Crippen molar-refractivity contribution in [1.82, 2.24) is 4.31 Å². The summed E-state index contributed by atoms with van der Waals surface area (Å²) in [5.41, 5.74) is -0.255. The number of nitrogens with zero attached hydrogens (tertiary/aromatic N) is 2. The summed E-state index contributed by atoms with van der Waals surface area (Å²) in [6.07, 6.45) is 1.77. The molecule has 1 saturated heterocycles. The van der Waals surface area contributed by atoms with Crippen LogP contribution in [0.1, 0.15) is 26.2 Å². The number of allylic oxidation sites excluding steroid dienone is 1. The number of ketones is 1. The van der Waals surface area contributed by atoms with Gasteiger partial charge in [0.15, 0.2) is 5.03 Å². The van der Waals surface area contributed by atoms with Crippen molar-refractivity contribution in [2.75, 3.05) is 12.3 Å². The Kier molecular flexibility index (Phi) is 6.33. The van der Waals surface area contributed by atoms with Crippen LogP contribution in [-0.4, -0.2) is 27.3 Å². The van der Waals surface area contributed by atoms with Gasteiger partial charge in [-0.1, -0.05) is 25.1 Å². The molecule has 0 bridgehead atoms. The number of hydrogen-bond donors (Lipinski definition) is 0. The highest BCUT2D eigenvalue weighted by atomic mass is 32.2. The smallest absolute Gasteiger partial charge is 0.301 e. The Bertz CT molecular complexity index is 575. The minimum Gasteiger partial charge on any atom is -0.301 e. The topological polar surface area (TPSA) is 63.5 Å². The maximum atomic E-state index is 12.1. The van der Waals surface area contributed by atoms with E-state index in [1.807, 2.05) is 41.6 Å². The van der Waals surface area contributed by atoms with E-state index >= 15 is 0 Å². The zero-order chi connectivity index (χ0) is 15.9. The quantitative estimate of drug-likeness (QED) is 0.339. The third-order valence-electron chi connectivity index (χ3n) is 3.06. The number of thioether (sulfide) groups is 1. The van der Waals surface area contributed by atoms with Crippen molar-refractivity contribution >= 4 is 29.5 Å². The minimum atomic E-state index is -0.524. The molecule has 1 aromatic rings. The van der Waals surface area contributed by atoms with Crippen LogP contribution in [0.25, 0.3) is 0 Å². The molecule has 1 heterocycles. The van der Waals surface area contributed by atoms with Crippen molar-refractivity contribution in [1.29, 1.82) is 0 Å². The number of carbonyl (C=O) groups excluding carboxylic acids is 1. The van der Waals surface area contributed by atoms with E-state index in [1.54, 1.807) is 0 Å². The lowest BCUT2D eigenvalue weighted by molar-refractivity contribution is -0.420. The number of Topliss-reactive ketones (excluding diaryl/α,β-unsaturated/α-hetero) is 1. The molecule has 0 N–H and O–H groups in total. The monoisotopic (exact) mass is 338 g/mol. The van der Waals surface area contributed by atoms with E-state index < -0.39 is 4.92 Å². The lowest BCUT2D eigenvalue weighted by Gasteiger charge is -2.28. The van der Waals surface area contributed by atoms with Gasteiger partial charge in [-0.2, -0.15) is 0 Å².